The van der Waals surface area contributed by atoms with Gasteiger partial charge in [-0.05, 0) is 37.1 Å². The Balaban J connectivity index is 2.55. The van der Waals surface area contributed by atoms with Crippen molar-refractivity contribution in [2.45, 2.75) is 79.3 Å². The SMILES string of the molecule is CCCC1CN(CCCC(C)C)C(C(C)(C)C)CN1. The van der Waals surface area contributed by atoms with Crippen LogP contribution in [0.15, 0.2) is 0 Å². The van der Waals surface area contributed by atoms with E-state index in [2.05, 4.69) is 51.8 Å². The average Bonchev–Trinajstić information content (AvgIpc) is 2.27. The van der Waals surface area contributed by atoms with E-state index in [0.717, 1.165) is 12.5 Å². The molecule has 0 aromatic carbocycles. The Labute approximate surface area is 121 Å². The van der Waals surface area contributed by atoms with Gasteiger partial charge in [-0.3, -0.25) is 4.90 Å². The highest BCUT2D eigenvalue weighted by molar-refractivity contribution is 4.92. The summed E-state index contributed by atoms with van der Waals surface area (Å²) in [6, 6.07) is 1.40. The molecule has 0 aromatic rings. The normalized spacial score (nSPS) is 26.1. The number of nitrogens with one attached hydrogen (secondary N) is 1. The smallest absolute Gasteiger partial charge is 0.0269 e. The Morgan fingerprint density at radius 1 is 1.26 bits per heavy atom. The fraction of sp³-hybridized carbons (Fsp3) is 1.00. The molecule has 1 heterocycles. The molecule has 0 aromatic heterocycles. The van der Waals surface area contributed by atoms with E-state index in [9.17, 15) is 0 Å². The van der Waals surface area contributed by atoms with Crippen LogP contribution in [-0.4, -0.2) is 36.6 Å². The van der Waals surface area contributed by atoms with E-state index >= 15 is 0 Å². The molecular weight excluding hydrogens is 232 g/mol. The first-order valence-electron chi connectivity index (χ1n) is 8.32. The maximum absolute atomic E-state index is 3.76. The summed E-state index contributed by atoms with van der Waals surface area (Å²) in [5.74, 6) is 0.836. The first kappa shape index (κ1) is 17.0. The molecule has 0 saturated carbocycles. The molecule has 114 valence electrons. The Bertz CT molecular complexity index is 242. The molecule has 1 fully saturated rings. The Morgan fingerprint density at radius 3 is 2.47 bits per heavy atom. The minimum atomic E-state index is 0.377. The van der Waals surface area contributed by atoms with Gasteiger partial charge in [0.05, 0.1) is 0 Å². The van der Waals surface area contributed by atoms with Crippen molar-refractivity contribution in [1.82, 2.24) is 10.2 Å². The Morgan fingerprint density at radius 2 is 1.95 bits per heavy atom. The number of hydrogen-bond donors (Lipinski definition) is 1. The fourth-order valence-corrected chi connectivity index (χ4v) is 3.23. The molecular formula is C17H36N2. The zero-order chi connectivity index (χ0) is 14.5. The number of piperazine rings is 1. The van der Waals surface area contributed by atoms with Gasteiger partial charge in [0.25, 0.3) is 0 Å². The van der Waals surface area contributed by atoms with Crippen LogP contribution < -0.4 is 5.32 Å². The van der Waals surface area contributed by atoms with Crippen molar-refractivity contribution < 1.29 is 0 Å². The molecule has 2 atom stereocenters. The van der Waals surface area contributed by atoms with Crippen LogP contribution in [0.25, 0.3) is 0 Å². The molecule has 1 saturated heterocycles. The lowest BCUT2D eigenvalue weighted by molar-refractivity contribution is 0.0518. The van der Waals surface area contributed by atoms with E-state index in [1.54, 1.807) is 0 Å². The summed E-state index contributed by atoms with van der Waals surface area (Å²) in [7, 11) is 0. The zero-order valence-corrected chi connectivity index (χ0v) is 14.1. The predicted molar refractivity (Wildman–Crippen MR) is 85.6 cm³/mol. The van der Waals surface area contributed by atoms with Crippen LogP contribution in [-0.2, 0) is 0 Å². The van der Waals surface area contributed by atoms with Crippen molar-refractivity contribution >= 4 is 0 Å². The standard InChI is InChI=1S/C17H36N2/c1-7-9-15-13-19(11-8-10-14(2)3)16(12-18-15)17(4,5)6/h14-16,18H,7-13H2,1-6H3. The molecule has 2 heteroatoms. The van der Waals surface area contributed by atoms with Crippen LogP contribution >= 0.6 is 0 Å². The average molecular weight is 268 g/mol. The van der Waals surface area contributed by atoms with Crippen LogP contribution in [0.5, 0.6) is 0 Å². The lowest BCUT2D eigenvalue weighted by atomic mass is 9.83. The molecule has 2 nitrogen and oxygen atoms in total. The second-order valence-corrected chi connectivity index (χ2v) is 7.81. The van der Waals surface area contributed by atoms with Crippen molar-refractivity contribution in [3.8, 4) is 0 Å². The summed E-state index contributed by atoms with van der Waals surface area (Å²) in [6.07, 6.45) is 5.32. The van der Waals surface area contributed by atoms with E-state index < -0.39 is 0 Å². The maximum atomic E-state index is 3.76. The van der Waals surface area contributed by atoms with Gasteiger partial charge < -0.3 is 5.32 Å². The Hall–Kier alpha value is -0.0800. The van der Waals surface area contributed by atoms with Crippen molar-refractivity contribution in [3.05, 3.63) is 0 Å². The van der Waals surface area contributed by atoms with Crippen LogP contribution in [0, 0.1) is 11.3 Å². The summed E-state index contributed by atoms with van der Waals surface area (Å²) in [5, 5.41) is 3.76. The summed E-state index contributed by atoms with van der Waals surface area (Å²) in [4.78, 5) is 2.76. The lowest BCUT2D eigenvalue weighted by Crippen LogP contribution is -2.60. The summed E-state index contributed by atoms with van der Waals surface area (Å²) in [6.45, 7) is 17.8. The van der Waals surface area contributed by atoms with Gasteiger partial charge in [0.1, 0.15) is 0 Å². The number of nitrogens with zero attached hydrogens (tertiary/aromatic N) is 1. The highest BCUT2D eigenvalue weighted by Gasteiger charge is 2.34. The monoisotopic (exact) mass is 268 g/mol. The van der Waals surface area contributed by atoms with Gasteiger partial charge >= 0.3 is 0 Å². The quantitative estimate of drug-likeness (QED) is 0.785. The summed E-state index contributed by atoms with van der Waals surface area (Å²) < 4.78 is 0. The van der Waals surface area contributed by atoms with Gasteiger partial charge in [0.2, 0.25) is 0 Å². The summed E-state index contributed by atoms with van der Waals surface area (Å²) >= 11 is 0. The van der Waals surface area contributed by atoms with E-state index in [1.807, 2.05) is 0 Å². The molecule has 1 aliphatic heterocycles. The lowest BCUT2D eigenvalue weighted by Gasteiger charge is -2.46. The first-order valence-corrected chi connectivity index (χ1v) is 8.32. The summed E-state index contributed by atoms with van der Waals surface area (Å²) in [5.41, 5.74) is 0.377. The highest BCUT2D eigenvalue weighted by atomic mass is 15.2. The van der Waals surface area contributed by atoms with Crippen LogP contribution in [0.3, 0.4) is 0 Å². The molecule has 0 amide bonds. The van der Waals surface area contributed by atoms with Crippen LogP contribution in [0.4, 0.5) is 0 Å². The molecule has 1 aliphatic rings. The van der Waals surface area contributed by atoms with E-state index in [1.165, 1.54) is 38.8 Å². The third kappa shape index (κ3) is 5.83. The van der Waals surface area contributed by atoms with E-state index in [0.29, 0.717) is 17.5 Å². The Kier molecular flexibility index (Phi) is 6.82. The van der Waals surface area contributed by atoms with Crippen molar-refractivity contribution in [1.29, 1.82) is 0 Å². The molecule has 0 aliphatic carbocycles. The van der Waals surface area contributed by atoms with Gasteiger partial charge in [0, 0.05) is 25.2 Å². The predicted octanol–water partition coefficient (Wildman–Crippen LogP) is 3.91. The maximum Gasteiger partial charge on any atom is 0.0269 e. The highest BCUT2D eigenvalue weighted by Crippen LogP contribution is 2.27. The first-order chi connectivity index (χ1) is 8.84. The molecule has 19 heavy (non-hydrogen) atoms. The zero-order valence-electron chi connectivity index (χ0n) is 14.1. The van der Waals surface area contributed by atoms with Crippen LogP contribution in [0.1, 0.15) is 67.2 Å². The second kappa shape index (κ2) is 7.64. The fourth-order valence-electron chi connectivity index (χ4n) is 3.23. The van der Waals surface area contributed by atoms with Gasteiger partial charge in [-0.2, -0.15) is 0 Å². The third-order valence-electron chi connectivity index (χ3n) is 4.36. The van der Waals surface area contributed by atoms with Gasteiger partial charge in [-0.25, -0.2) is 0 Å². The van der Waals surface area contributed by atoms with E-state index in [4.69, 9.17) is 0 Å². The molecule has 0 radical (unpaired) electrons. The van der Waals surface area contributed by atoms with E-state index in [-0.39, 0.29) is 0 Å². The van der Waals surface area contributed by atoms with Gasteiger partial charge in [0.15, 0.2) is 0 Å². The second-order valence-electron chi connectivity index (χ2n) is 7.81. The van der Waals surface area contributed by atoms with Gasteiger partial charge in [-0.15, -0.1) is 0 Å². The molecule has 0 spiro atoms. The van der Waals surface area contributed by atoms with Crippen molar-refractivity contribution in [2.75, 3.05) is 19.6 Å². The topological polar surface area (TPSA) is 15.3 Å². The third-order valence-corrected chi connectivity index (χ3v) is 4.36. The largest absolute Gasteiger partial charge is 0.311 e. The molecule has 1 rings (SSSR count). The molecule has 1 N–H and O–H groups in total. The number of rotatable bonds is 6. The number of hydrogen-bond acceptors (Lipinski definition) is 2. The van der Waals surface area contributed by atoms with Crippen molar-refractivity contribution in [3.63, 3.8) is 0 Å². The van der Waals surface area contributed by atoms with Crippen LogP contribution in [0.2, 0.25) is 0 Å². The molecule has 0 bridgehead atoms. The van der Waals surface area contributed by atoms with Crippen molar-refractivity contribution in [2.24, 2.45) is 11.3 Å². The minimum Gasteiger partial charge on any atom is -0.311 e. The van der Waals surface area contributed by atoms with Gasteiger partial charge in [-0.1, -0.05) is 48.0 Å². The molecule has 2 unspecified atom stereocenters. The minimum absolute atomic E-state index is 0.377.